The smallest absolute Gasteiger partial charge is 0.264 e. The zero-order valence-electron chi connectivity index (χ0n) is 9.58. The predicted molar refractivity (Wildman–Crippen MR) is 84.0 cm³/mol. The van der Waals surface area contributed by atoms with E-state index in [1.165, 1.54) is 6.07 Å². The highest BCUT2D eigenvalue weighted by molar-refractivity contribution is 9.10. The number of anilines is 1. The van der Waals surface area contributed by atoms with Crippen LogP contribution in [0, 0.1) is 6.92 Å². The molecule has 8 heteroatoms. The summed E-state index contributed by atoms with van der Waals surface area (Å²) in [5, 5.41) is 0. The molecule has 3 nitrogen and oxygen atoms in total. The topological polar surface area (TPSA) is 46.2 Å². The maximum Gasteiger partial charge on any atom is 0.264 e. The highest BCUT2D eigenvalue weighted by Gasteiger charge is 2.22. The van der Waals surface area contributed by atoms with E-state index in [4.69, 9.17) is 23.2 Å². The maximum absolute atomic E-state index is 12.2. The Hall–Kier alpha value is -0.270. The van der Waals surface area contributed by atoms with E-state index in [2.05, 4.69) is 20.7 Å². The molecular weight excluding hydrogens is 393 g/mol. The van der Waals surface area contributed by atoms with Crippen LogP contribution in [0.25, 0.3) is 0 Å². The Balaban J connectivity index is 2.42. The lowest BCUT2D eigenvalue weighted by Crippen LogP contribution is -2.13. The number of thiophene rings is 1. The molecule has 0 aliphatic carbocycles. The van der Waals surface area contributed by atoms with Crippen molar-refractivity contribution in [3.63, 3.8) is 0 Å². The molecule has 0 radical (unpaired) electrons. The van der Waals surface area contributed by atoms with Crippen LogP contribution >= 0.6 is 50.5 Å². The number of hydrogen-bond acceptors (Lipinski definition) is 3. The van der Waals surface area contributed by atoms with Gasteiger partial charge in [-0.3, -0.25) is 4.72 Å². The lowest BCUT2D eigenvalue weighted by molar-refractivity contribution is 0.601. The first-order valence-electron chi connectivity index (χ1n) is 5.04. The molecule has 0 aliphatic heterocycles. The van der Waals surface area contributed by atoms with Gasteiger partial charge in [0.05, 0.1) is 10.0 Å². The number of aryl methyl sites for hydroxylation is 1. The molecule has 1 N–H and O–H groups in total. The van der Waals surface area contributed by atoms with E-state index in [9.17, 15) is 8.42 Å². The number of halogens is 3. The van der Waals surface area contributed by atoms with Gasteiger partial charge in [0.25, 0.3) is 10.0 Å². The van der Waals surface area contributed by atoms with Gasteiger partial charge in [-0.25, -0.2) is 8.42 Å². The average Bonchev–Trinajstić information content (AvgIpc) is 2.65. The summed E-state index contributed by atoms with van der Waals surface area (Å²) in [5.41, 5.74) is 1.38. The van der Waals surface area contributed by atoms with Gasteiger partial charge in [0, 0.05) is 4.47 Å². The van der Waals surface area contributed by atoms with E-state index in [1.54, 1.807) is 12.1 Å². The average molecular weight is 401 g/mol. The van der Waals surface area contributed by atoms with Crippen LogP contribution in [-0.4, -0.2) is 8.42 Å². The van der Waals surface area contributed by atoms with Crippen LogP contribution in [0.3, 0.4) is 0 Å². The van der Waals surface area contributed by atoms with Crippen molar-refractivity contribution >= 4 is 66.2 Å². The van der Waals surface area contributed by atoms with Crippen molar-refractivity contribution < 1.29 is 8.42 Å². The van der Waals surface area contributed by atoms with Gasteiger partial charge in [-0.2, -0.15) is 0 Å². The molecule has 0 saturated heterocycles. The summed E-state index contributed by atoms with van der Waals surface area (Å²) in [7, 11) is -3.75. The van der Waals surface area contributed by atoms with E-state index in [0.717, 1.165) is 16.9 Å². The largest absolute Gasteiger partial charge is 0.278 e. The summed E-state index contributed by atoms with van der Waals surface area (Å²) < 4.78 is 28.1. The Morgan fingerprint density at radius 2 is 2.00 bits per heavy atom. The quantitative estimate of drug-likeness (QED) is 0.793. The van der Waals surface area contributed by atoms with Gasteiger partial charge in [0.2, 0.25) is 0 Å². The fraction of sp³-hybridized carbons (Fsp3) is 0.0909. The van der Waals surface area contributed by atoms with Gasteiger partial charge in [0.1, 0.15) is 9.23 Å². The summed E-state index contributed by atoms with van der Waals surface area (Å²) >= 11 is 16.0. The van der Waals surface area contributed by atoms with Crippen LogP contribution in [0.1, 0.15) is 5.56 Å². The Kier molecular flexibility index (Phi) is 4.47. The second kappa shape index (κ2) is 5.61. The molecule has 0 bridgehead atoms. The van der Waals surface area contributed by atoms with Crippen molar-refractivity contribution in [2.75, 3.05) is 4.72 Å². The minimum Gasteiger partial charge on any atom is -0.278 e. The van der Waals surface area contributed by atoms with Crippen molar-refractivity contribution in [2.24, 2.45) is 0 Å². The van der Waals surface area contributed by atoms with Crippen LogP contribution < -0.4 is 4.72 Å². The molecule has 19 heavy (non-hydrogen) atoms. The summed E-state index contributed by atoms with van der Waals surface area (Å²) in [5.74, 6) is 0. The van der Waals surface area contributed by atoms with Crippen molar-refractivity contribution in [1.82, 2.24) is 0 Å². The Bertz CT molecular complexity index is 728. The van der Waals surface area contributed by atoms with Crippen LogP contribution in [0.2, 0.25) is 8.67 Å². The third-order valence-electron chi connectivity index (χ3n) is 2.35. The van der Waals surface area contributed by atoms with Crippen LogP contribution in [0.4, 0.5) is 5.69 Å². The molecule has 0 amide bonds. The van der Waals surface area contributed by atoms with E-state index >= 15 is 0 Å². The number of hydrogen-bond donors (Lipinski definition) is 1. The molecule has 1 heterocycles. The van der Waals surface area contributed by atoms with Crippen molar-refractivity contribution in [2.45, 2.75) is 11.8 Å². The molecule has 0 spiro atoms. The Morgan fingerprint density at radius 3 is 2.58 bits per heavy atom. The highest BCUT2D eigenvalue weighted by atomic mass is 79.9. The van der Waals surface area contributed by atoms with Gasteiger partial charge in [-0.15, -0.1) is 11.3 Å². The zero-order chi connectivity index (χ0) is 14.2. The van der Waals surface area contributed by atoms with Gasteiger partial charge in [0.15, 0.2) is 0 Å². The molecule has 0 atom stereocenters. The molecule has 0 aliphatic rings. The summed E-state index contributed by atoms with van der Waals surface area (Å²) in [4.78, 5) is -0.0161. The van der Waals surface area contributed by atoms with Crippen molar-refractivity contribution in [3.05, 3.63) is 43.0 Å². The van der Waals surface area contributed by atoms with Gasteiger partial charge in [-0.1, -0.05) is 35.3 Å². The second-order valence-electron chi connectivity index (χ2n) is 3.73. The first-order valence-corrected chi connectivity index (χ1v) is 8.89. The van der Waals surface area contributed by atoms with E-state index < -0.39 is 10.0 Å². The zero-order valence-corrected chi connectivity index (χ0v) is 14.3. The fourth-order valence-corrected chi connectivity index (χ4v) is 5.15. The molecule has 1 aromatic carbocycles. The van der Waals surface area contributed by atoms with Crippen molar-refractivity contribution in [1.29, 1.82) is 0 Å². The van der Waals surface area contributed by atoms with Crippen molar-refractivity contribution in [3.8, 4) is 0 Å². The minimum atomic E-state index is -3.75. The SMILES string of the molecule is Cc1cccc(NS(=O)(=O)c2cc(Cl)sc2Cl)c1Br. The van der Waals surface area contributed by atoms with E-state index in [0.29, 0.717) is 14.5 Å². The molecule has 2 rings (SSSR count). The first-order chi connectivity index (χ1) is 8.81. The Morgan fingerprint density at radius 1 is 1.32 bits per heavy atom. The fourth-order valence-electron chi connectivity index (χ4n) is 1.43. The second-order valence-corrected chi connectivity index (χ2v) is 8.46. The molecule has 0 unspecified atom stereocenters. The molecule has 102 valence electrons. The standard InChI is InChI=1S/C11H8BrCl2NO2S2/c1-6-3-2-4-7(10(6)12)15-19(16,17)8-5-9(13)18-11(8)14/h2-5,15H,1H3. The monoisotopic (exact) mass is 399 g/mol. The van der Waals surface area contributed by atoms with Crippen LogP contribution in [0.15, 0.2) is 33.6 Å². The summed E-state index contributed by atoms with van der Waals surface area (Å²) in [6.07, 6.45) is 0. The van der Waals surface area contributed by atoms with Gasteiger partial charge >= 0.3 is 0 Å². The lowest BCUT2D eigenvalue weighted by Gasteiger charge is -2.10. The predicted octanol–water partition coefficient (Wildman–Crippen LogP) is 4.93. The molecule has 2 aromatic rings. The van der Waals surface area contributed by atoms with E-state index in [-0.39, 0.29) is 9.23 Å². The maximum atomic E-state index is 12.2. The number of rotatable bonds is 3. The van der Waals surface area contributed by atoms with Crippen LogP contribution in [0.5, 0.6) is 0 Å². The normalized spacial score (nSPS) is 11.6. The Labute approximate surface area is 133 Å². The molecule has 1 aromatic heterocycles. The summed E-state index contributed by atoms with van der Waals surface area (Å²) in [6, 6.07) is 6.63. The molecular formula is C11H8BrCl2NO2S2. The molecule has 0 saturated carbocycles. The number of benzene rings is 1. The third-order valence-corrected chi connectivity index (χ3v) is 6.52. The number of nitrogens with one attached hydrogen (secondary N) is 1. The lowest BCUT2D eigenvalue weighted by atomic mass is 10.2. The highest BCUT2D eigenvalue weighted by Crippen LogP contribution is 2.36. The van der Waals surface area contributed by atoms with Crippen LogP contribution in [-0.2, 0) is 10.0 Å². The van der Waals surface area contributed by atoms with Gasteiger partial charge in [-0.05, 0) is 40.5 Å². The number of sulfonamides is 1. The summed E-state index contributed by atoms with van der Waals surface area (Å²) in [6.45, 7) is 1.87. The van der Waals surface area contributed by atoms with E-state index in [1.807, 2.05) is 13.0 Å². The van der Waals surface area contributed by atoms with Gasteiger partial charge < -0.3 is 0 Å². The third kappa shape index (κ3) is 3.25. The first kappa shape index (κ1) is 15.1. The molecule has 0 fully saturated rings. The minimum absolute atomic E-state index is 0.0161.